The van der Waals surface area contributed by atoms with E-state index in [2.05, 4.69) is 5.32 Å². The van der Waals surface area contributed by atoms with Gasteiger partial charge in [-0.25, -0.2) is 0 Å². The summed E-state index contributed by atoms with van der Waals surface area (Å²) in [7, 11) is 1.91. The zero-order valence-electron chi connectivity index (χ0n) is 14.0. The smallest absolute Gasteiger partial charge is 0.222 e. The molecule has 2 fully saturated rings. The Hall–Kier alpha value is -1.10. The minimum atomic E-state index is 0.236. The van der Waals surface area contributed by atoms with Crippen LogP contribution in [0.15, 0.2) is 0 Å². The van der Waals surface area contributed by atoms with Gasteiger partial charge in [0, 0.05) is 39.0 Å². The second-order valence-electron chi connectivity index (χ2n) is 6.68. The molecule has 1 saturated heterocycles. The van der Waals surface area contributed by atoms with Crippen molar-refractivity contribution in [3.63, 3.8) is 0 Å². The van der Waals surface area contributed by atoms with Crippen LogP contribution in [0.1, 0.15) is 51.4 Å². The van der Waals surface area contributed by atoms with Crippen molar-refractivity contribution in [2.75, 3.05) is 39.8 Å². The van der Waals surface area contributed by atoms with E-state index in [9.17, 15) is 9.59 Å². The molecule has 0 aromatic carbocycles. The minimum absolute atomic E-state index is 0.236. The van der Waals surface area contributed by atoms with Gasteiger partial charge in [0.1, 0.15) is 0 Å². The summed E-state index contributed by atoms with van der Waals surface area (Å²) in [5.74, 6) is 1.15. The van der Waals surface area contributed by atoms with E-state index >= 15 is 0 Å². The van der Waals surface area contributed by atoms with Crippen LogP contribution in [0.2, 0.25) is 0 Å². The Bertz CT molecular complexity index is 367. The standard InChI is InChI=1S/C17H31N3O2/c1-18-9-4-8-16(21)19-10-5-11-20(13-12-19)17(22)14-15-6-2-3-7-15/h15,18H,2-14H2,1H3. The van der Waals surface area contributed by atoms with Crippen LogP contribution in [0.4, 0.5) is 0 Å². The fraction of sp³-hybridized carbons (Fsp3) is 0.882. The number of nitrogens with zero attached hydrogens (tertiary/aromatic N) is 2. The second-order valence-corrected chi connectivity index (χ2v) is 6.68. The molecule has 0 atom stereocenters. The fourth-order valence-electron chi connectivity index (χ4n) is 3.58. The number of amides is 2. The first-order chi connectivity index (χ1) is 10.7. The topological polar surface area (TPSA) is 52.7 Å². The summed E-state index contributed by atoms with van der Waals surface area (Å²) in [5, 5.41) is 3.07. The molecule has 2 aliphatic rings. The van der Waals surface area contributed by atoms with Gasteiger partial charge in [-0.2, -0.15) is 0 Å². The molecule has 126 valence electrons. The highest BCUT2D eigenvalue weighted by atomic mass is 16.2. The van der Waals surface area contributed by atoms with Crippen molar-refractivity contribution < 1.29 is 9.59 Å². The molecule has 1 aliphatic heterocycles. The first-order valence-electron chi connectivity index (χ1n) is 8.91. The molecule has 0 spiro atoms. The number of hydrogen-bond acceptors (Lipinski definition) is 3. The van der Waals surface area contributed by atoms with Crippen LogP contribution in [0, 0.1) is 5.92 Å². The molecule has 22 heavy (non-hydrogen) atoms. The maximum absolute atomic E-state index is 12.4. The number of carbonyl (C=O) groups excluding carboxylic acids is 2. The van der Waals surface area contributed by atoms with Crippen molar-refractivity contribution >= 4 is 11.8 Å². The average Bonchev–Trinajstić information content (AvgIpc) is 2.88. The summed E-state index contributed by atoms with van der Waals surface area (Å²) in [6.07, 6.45) is 8.13. The zero-order valence-corrected chi connectivity index (χ0v) is 14.0. The molecule has 0 aromatic heterocycles. The van der Waals surface area contributed by atoms with Gasteiger partial charge < -0.3 is 15.1 Å². The third-order valence-corrected chi connectivity index (χ3v) is 4.96. The molecule has 0 radical (unpaired) electrons. The van der Waals surface area contributed by atoms with Crippen molar-refractivity contribution in [1.82, 2.24) is 15.1 Å². The molecule has 1 aliphatic carbocycles. The molecule has 1 heterocycles. The second kappa shape index (κ2) is 9.13. The highest BCUT2D eigenvalue weighted by molar-refractivity contribution is 5.78. The van der Waals surface area contributed by atoms with Crippen molar-refractivity contribution in [2.24, 2.45) is 5.92 Å². The molecule has 2 rings (SSSR count). The van der Waals surface area contributed by atoms with Gasteiger partial charge in [0.2, 0.25) is 11.8 Å². The van der Waals surface area contributed by atoms with Crippen LogP contribution in [-0.4, -0.2) is 61.4 Å². The van der Waals surface area contributed by atoms with E-state index in [4.69, 9.17) is 0 Å². The lowest BCUT2D eigenvalue weighted by Gasteiger charge is -2.23. The van der Waals surface area contributed by atoms with Crippen LogP contribution < -0.4 is 5.32 Å². The van der Waals surface area contributed by atoms with Crippen molar-refractivity contribution in [3.05, 3.63) is 0 Å². The Balaban J connectivity index is 1.73. The molecular weight excluding hydrogens is 278 g/mol. The van der Waals surface area contributed by atoms with Crippen molar-refractivity contribution in [3.8, 4) is 0 Å². The Kier molecular flexibility index (Phi) is 7.16. The predicted molar refractivity (Wildman–Crippen MR) is 87.5 cm³/mol. The maximum Gasteiger partial charge on any atom is 0.222 e. The zero-order chi connectivity index (χ0) is 15.8. The molecule has 0 unspecified atom stereocenters. The maximum atomic E-state index is 12.4. The SMILES string of the molecule is CNCCCC(=O)N1CCCN(C(=O)CC2CCCC2)CC1. The van der Waals surface area contributed by atoms with Crippen LogP contribution in [-0.2, 0) is 9.59 Å². The lowest BCUT2D eigenvalue weighted by molar-refractivity contribution is -0.134. The third-order valence-electron chi connectivity index (χ3n) is 4.96. The molecule has 1 saturated carbocycles. The largest absolute Gasteiger partial charge is 0.341 e. The van der Waals surface area contributed by atoms with Gasteiger partial charge in [0.25, 0.3) is 0 Å². The first kappa shape index (κ1) is 17.3. The van der Waals surface area contributed by atoms with E-state index in [1.54, 1.807) is 0 Å². The molecule has 1 N–H and O–H groups in total. The van der Waals surface area contributed by atoms with Gasteiger partial charge in [-0.05, 0) is 45.2 Å². The number of hydrogen-bond donors (Lipinski definition) is 1. The highest BCUT2D eigenvalue weighted by Gasteiger charge is 2.25. The van der Waals surface area contributed by atoms with Gasteiger partial charge >= 0.3 is 0 Å². The van der Waals surface area contributed by atoms with Crippen LogP contribution in [0.3, 0.4) is 0 Å². The van der Waals surface area contributed by atoms with Crippen molar-refractivity contribution in [2.45, 2.75) is 51.4 Å². The summed E-state index contributed by atoms with van der Waals surface area (Å²) >= 11 is 0. The normalized spacial score (nSPS) is 20.2. The van der Waals surface area contributed by atoms with Crippen LogP contribution >= 0.6 is 0 Å². The summed E-state index contributed by atoms with van der Waals surface area (Å²) in [6, 6.07) is 0. The Morgan fingerprint density at radius 2 is 1.59 bits per heavy atom. The highest BCUT2D eigenvalue weighted by Crippen LogP contribution is 2.28. The van der Waals surface area contributed by atoms with E-state index in [0.29, 0.717) is 31.3 Å². The molecular formula is C17H31N3O2. The Morgan fingerprint density at radius 1 is 0.955 bits per heavy atom. The lowest BCUT2D eigenvalue weighted by Crippen LogP contribution is -2.37. The van der Waals surface area contributed by atoms with Crippen molar-refractivity contribution in [1.29, 1.82) is 0 Å². The van der Waals surface area contributed by atoms with E-state index in [-0.39, 0.29) is 5.91 Å². The fourth-order valence-corrected chi connectivity index (χ4v) is 3.58. The number of carbonyl (C=O) groups is 2. The summed E-state index contributed by atoms with van der Waals surface area (Å²) in [5.41, 5.74) is 0. The van der Waals surface area contributed by atoms with Gasteiger partial charge in [0.15, 0.2) is 0 Å². The minimum Gasteiger partial charge on any atom is -0.341 e. The summed E-state index contributed by atoms with van der Waals surface area (Å²) < 4.78 is 0. The number of nitrogens with one attached hydrogen (secondary N) is 1. The number of rotatable bonds is 6. The van der Waals surface area contributed by atoms with E-state index < -0.39 is 0 Å². The average molecular weight is 309 g/mol. The summed E-state index contributed by atoms with van der Waals surface area (Å²) in [6.45, 7) is 3.90. The van der Waals surface area contributed by atoms with Gasteiger partial charge in [-0.3, -0.25) is 9.59 Å². The lowest BCUT2D eigenvalue weighted by atomic mass is 10.0. The first-order valence-corrected chi connectivity index (χ1v) is 8.91. The Morgan fingerprint density at radius 3 is 2.23 bits per heavy atom. The Labute approximate surface area is 134 Å². The quantitative estimate of drug-likeness (QED) is 0.759. The van der Waals surface area contributed by atoms with Crippen LogP contribution in [0.25, 0.3) is 0 Å². The van der Waals surface area contributed by atoms with E-state index in [1.165, 1.54) is 25.7 Å². The molecule has 5 nitrogen and oxygen atoms in total. The summed E-state index contributed by atoms with van der Waals surface area (Å²) in [4.78, 5) is 28.5. The van der Waals surface area contributed by atoms with Gasteiger partial charge in [-0.15, -0.1) is 0 Å². The van der Waals surface area contributed by atoms with E-state index in [0.717, 1.165) is 38.9 Å². The monoisotopic (exact) mass is 309 g/mol. The molecule has 2 amide bonds. The predicted octanol–water partition coefficient (Wildman–Crippen LogP) is 1.63. The van der Waals surface area contributed by atoms with Crippen LogP contribution in [0.5, 0.6) is 0 Å². The van der Waals surface area contributed by atoms with Gasteiger partial charge in [0.05, 0.1) is 0 Å². The van der Waals surface area contributed by atoms with E-state index in [1.807, 2.05) is 16.8 Å². The third kappa shape index (κ3) is 5.27. The molecule has 0 aromatic rings. The van der Waals surface area contributed by atoms with Gasteiger partial charge in [-0.1, -0.05) is 12.8 Å². The molecule has 0 bridgehead atoms. The molecule has 5 heteroatoms.